The summed E-state index contributed by atoms with van der Waals surface area (Å²) in [6, 6.07) is 0.632. The van der Waals surface area contributed by atoms with E-state index in [1.807, 2.05) is 6.20 Å². The molecule has 0 spiro atoms. The summed E-state index contributed by atoms with van der Waals surface area (Å²) in [6.07, 6.45) is 9.56. The predicted octanol–water partition coefficient (Wildman–Crippen LogP) is 3.44. The van der Waals surface area contributed by atoms with Gasteiger partial charge in [-0.1, -0.05) is 20.3 Å². The van der Waals surface area contributed by atoms with Crippen LogP contribution in [0.4, 0.5) is 5.95 Å². The number of piperidine rings is 1. The molecule has 2 heterocycles. The standard InChI is InChI=1S/C17H30N4/c1-4-8-16-9-6-7-11-21(16)17-19-13-15(14(3)20-17)12-18-10-5-2/h13,16,18H,4-12H2,1-3H3. The van der Waals surface area contributed by atoms with Gasteiger partial charge >= 0.3 is 0 Å². The maximum atomic E-state index is 4.78. The zero-order chi connectivity index (χ0) is 15.1. The van der Waals surface area contributed by atoms with Crippen LogP contribution in [0.15, 0.2) is 6.20 Å². The molecule has 1 aliphatic heterocycles. The van der Waals surface area contributed by atoms with E-state index in [0.29, 0.717) is 6.04 Å². The van der Waals surface area contributed by atoms with Crippen molar-refractivity contribution >= 4 is 5.95 Å². The lowest BCUT2D eigenvalue weighted by Crippen LogP contribution is -2.40. The molecule has 1 aliphatic rings. The van der Waals surface area contributed by atoms with Crippen molar-refractivity contribution in [3.05, 3.63) is 17.5 Å². The molecule has 0 aromatic carbocycles. The summed E-state index contributed by atoms with van der Waals surface area (Å²) in [4.78, 5) is 11.9. The third-order valence-corrected chi connectivity index (χ3v) is 4.32. The van der Waals surface area contributed by atoms with Crippen molar-refractivity contribution in [3.63, 3.8) is 0 Å². The fourth-order valence-corrected chi connectivity index (χ4v) is 3.09. The Morgan fingerprint density at radius 1 is 1.29 bits per heavy atom. The van der Waals surface area contributed by atoms with Gasteiger partial charge in [-0.2, -0.15) is 0 Å². The number of hydrogen-bond donors (Lipinski definition) is 1. The highest BCUT2D eigenvalue weighted by atomic mass is 15.3. The van der Waals surface area contributed by atoms with Gasteiger partial charge in [-0.05, 0) is 45.6 Å². The molecule has 4 nitrogen and oxygen atoms in total. The molecule has 0 radical (unpaired) electrons. The van der Waals surface area contributed by atoms with Crippen LogP contribution >= 0.6 is 0 Å². The Balaban J connectivity index is 2.06. The molecule has 1 N–H and O–H groups in total. The number of aromatic nitrogens is 2. The van der Waals surface area contributed by atoms with E-state index in [9.17, 15) is 0 Å². The molecular formula is C17H30N4. The van der Waals surface area contributed by atoms with E-state index in [1.54, 1.807) is 0 Å². The van der Waals surface area contributed by atoms with Crippen molar-refractivity contribution < 1.29 is 0 Å². The van der Waals surface area contributed by atoms with Gasteiger partial charge < -0.3 is 10.2 Å². The van der Waals surface area contributed by atoms with E-state index in [1.165, 1.54) is 37.7 Å². The minimum atomic E-state index is 0.632. The van der Waals surface area contributed by atoms with Gasteiger partial charge in [0, 0.05) is 36.6 Å². The first-order valence-electron chi connectivity index (χ1n) is 8.56. The number of anilines is 1. The second kappa shape index (κ2) is 8.32. The van der Waals surface area contributed by atoms with Crippen molar-refractivity contribution in [2.45, 2.75) is 71.9 Å². The zero-order valence-electron chi connectivity index (χ0n) is 13.9. The van der Waals surface area contributed by atoms with E-state index in [4.69, 9.17) is 4.98 Å². The smallest absolute Gasteiger partial charge is 0.225 e. The predicted molar refractivity (Wildman–Crippen MR) is 88.7 cm³/mol. The van der Waals surface area contributed by atoms with Crippen LogP contribution in [-0.4, -0.2) is 29.1 Å². The fourth-order valence-electron chi connectivity index (χ4n) is 3.09. The summed E-state index contributed by atoms with van der Waals surface area (Å²) in [5, 5.41) is 3.43. The van der Waals surface area contributed by atoms with Crippen LogP contribution in [0.1, 0.15) is 63.6 Å². The maximum absolute atomic E-state index is 4.78. The largest absolute Gasteiger partial charge is 0.338 e. The van der Waals surface area contributed by atoms with Crippen molar-refractivity contribution in [1.82, 2.24) is 15.3 Å². The first kappa shape index (κ1) is 16.2. The summed E-state index contributed by atoms with van der Waals surface area (Å²) in [6.45, 7) is 9.58. The molecule has 21 heavy (non-hydrogen) atoms. The molecule has 4 heteroatoms. The summed E-state index contributed by atoms with van der Waals surface area (Å²) in [5.74, 6) is 0.935. The molecule has 1 aromatic heterocycles. The Labute approximate surface area is 129 Å². The van der Waals surface area contributed by atoms with Crippen LogP contribution in [0.3, 0.4) is 0 Å². The molecule has 1 atom stereocenters. The summed E-state index contributed by atoms with van der Waals surface area (Å²) in [7, 11) is 0. The Kier molecular flexibility index (Phi) is 6.43. The lowest BCUT2D eigenvalue weighted by Gasteiger charge is -2.36. The molecule has 0 amide bonds. The van der Waals surface area contributed by atoms with Crippen LogP contribution in [0, 0.1) is 6.92 Å². The molecule has 0 saturated carbocycles. The van der Waals surface area contributed by atoms with Crippen molar-refractivity contribution in [2.75, 3.05) is 18.0 Å². The lowest BCUT2D eigenvalue weighted by atomic mass is 9.99. The average molecular weight is 290 g/mol. The minimum Gasteiger partial charge on any atom is -0.338 e. The highest BCUT2D eigenvalue weighted by Gasteiger charge is 2.24. The molecule has 1 aromatic rings. The molecular weight excluding hydrogens is 260 g/mol. The van der Waals surface area contributed by atoms with E-state index < -0.39 is 0 Å². The number of nitrogens with zero attached hydrogens (tertiary/aromatic N) is 3. The topological polar surface area (TPSA) is 41.1 Å². The minimum absolute atomic E-state index is 0.632. The van der Waals surface area contributed by atoms with Gasteiger partial charge in [0.05, 0.1) is 0 Å². The van der Waals surface area contributed by atoms with Gasteiger partial charge in [-0.25, -0.2) is 9.97 Å². The summed E-state index contributed by atoms with van der Waals surface area (Å²) >= 11 is 0. The first-order chi connectivity index (χ1) is 10.3. The summed E-state index contributed by atoms with van der Waals surface area (Å²) in [5.41, 5.74) is 2.33. The molecule has 2 rings (SSSR count). The highest BCUT2D eigenvalue weighted by Crippen LogP contribution is 2.25. The van der Waals surface area contributed by atoms with Crippen molar-refractivity contribution in [1.29, 1.82) is 0 Å². The second-order valence-electron chi connectivity index (χ2n) is 6.09. The van der Waals surface area contributed by atoms with Crippen molar-refractivity contribution in [2.24, 2.45) is 0 Å². The average Bonchev–Trinajstić information content (AvgIpc) is 2.50. The molecule has 1 saturated heterocycles. The first-order valence-corrected chi connectivity index (χ1v) is 8.56. The van der Waals surface area contributed by atoms with Gasteiger partial charge in [-0.3, -0.25) is 0 Å². The van der Waals surface area contributed by atoms with E-state index >= 15 is 0 Å². The molecule has 1 fully saturated rings. The van der Waals surface area contributed by atoms with Crippen LogP contribution in [0.5, 0.6) is 0 Å². The quantitative estimate of drug-likeness (QED) is 0.781. The summed E-state index contributed by atoms with van der Waals surface area (Å²) < 4.78 is 0. The van der Waals surface area contributed by atoms with Gasteiger partial charge in [-0.15, -0.1) is 0 Å². The van der Waals surface area contributed by atoms with Gasteiger partial charge in [0.15, 0.2) is 0 Å². The van der Waals surface area contributed by atoms with Gasteiger partial charge in [0.1, 0.15) is 0 Å². The van der Waals surface area contributed by atoms with E-state index in [-0.39, 0.29) is 0 Å². The van der Waals surface area contributed by atoms with Crippen LogP contribution in [-0.2, 0) is 6.54 Å². The third kappa shape index (κ3) is 4.40. The normalized spacial score (nSPS) is 19.0. The van der Waals surface area contributed by atoms with Gasteiger partial charge in [0.25, 0.3) is 0 Å². The molecule has 0 aliphatic carbocycles. The highest BCUT2D eigenvalue weighted by molar-refractivity contribution is 5.35. The Morgan fingerprint density at radius 2 is 2.14 bits per heavy atom. The van der Waals surface area contributed by atoms with Crippen LogP contribution in [0.2, 0.25) is 0 Å². The number of rotatable bonds is 7. The number of hydrogen-bond acceptors (Lipinski definition) is 4. The van der Waals surface area contributed by atoms with Crippen LogP contribution < -0.4 is 10.2 Å². The number of aryl methyl sites for hydroxylation is 1. The molecule has 118 valence electrons. The Morgan fingerprint density at radius 3 is 2.86 bits per heavy atom. The van der Waals surface area contributed by atoms with E-state index in [2.05, 4.69) is 36.0 Å². The monoisotopic (exact) mass is 290 g/mol. The Bertz CT molecular complexity index is 431. The third-order valence-electron chi connectivity index (χ3n) is 4.32. The zero-order valence-corrected chi connectivity index (χ0v) is 13.9. The molecule has 0 bridgehead atoms. The second-order valence-corrected chi connectivity index (χ2v) is 6.09. The van der Waals surface area contributed by atoms with Gasteiger partial charge in [0.2, 0.25) is 5.95 Å². The molecule has 1 unspecified atom stereocenters. The SMILES string of the molecule is CCCNCc1cnc(N2CCCCC2CCC)nc1C. The Hall–Kier alpha value is -1.16. The maximum Gasteiger partial charge on any atom is 0.225 e. The number of nitrogens with one attached hydrogen (secondary N) is 1. The lowest BCUT2D eigenvalue weighted by molar-refractivity contribution is 0.428. The fraction of sp³-hybridized carbons (Fsp3) is 0.765. The van der Waals surface area contributed by atoms with Crippen LogP contribution in [0.25, 0.3) is 0 Å². The van der Waals surface area contributed by atoms with Crippen molar-refractivity contribution in [3.8, 4) is 0 Å². The van der Waals surface area contributed by atoms with E-state index in [0.717, 1.165) is 37.7 Å².